The van der Waals surface area contributed by atoms with Gasteiger partial charge in [0.25, 0.3) is 0 Å². The van der Waals surface area contributed by atoms with Gasteiger partial charge in [-0.25, -0.2) is 9.37 Å². The predicted octanol–water partition coefficient (Wildman–Crippen LogP) is 4.24. The molecule has 2 aromatic rings. The van der Waals surface area contributed by atoms with Gasteiger partial charge in [-0.3, -0.25) is 4.79 Å². The molecule has 1 heterocycles. The first-order valence-corrected chi connectivity index (χ1v) is 6.35. The van der Waals surface area contributed by atoms with E-state index in [2.05, 4.69) is 20.9 Å². The Kier molecular flexibility index (Phi) is 3.87. The van der Waals surface area contributed by atoms with Gasteiger partial charge in [0, 0.05) is 18.2 Å². The van der Waals surface area contributed by atoms with Crippen molar-refractivity contribution in [2.75, 3.05) is 0 Å². The molecular formula is C14H11BrFNO. The Bertz CT molecular complexity index is 598. The van der Waals surface area contributed by atoms with Crippen molar-refractivity contribution in [3.63, 3.8) is 0 Å². The van der Waals surface area contributed by atoms with E-state index in [1.54, 1.807) is 31.3 Å². The van der Waals surface area contributed by atoms with Gasteiger partial charge in [-0.1, -0.05) is 13.0 Å². The molecule has 0 radical (unpaired) electrons. The number of nitrogens with zero attached hydrogens (tertiary/aromatic N) is 1. The zero-order valence-corrected chi connectivity index (χ0v) is 11.4. The molecule has 2 nitrogen and oxygen atoms in total. The smallest absolute Gasteiger partial charge is 0.163 e. The molecule has 0 amide bonds. The molecule has 0 saturated carbocycles. The fourth-order valence-electron chi connectivity index (χ4n) is 1.76. The van der Waals surface area contributed by atoms with Crippen LogP contribution in [0.5, 0.6) is 0 Å². The van der Waals surface area contributed by atoms with Crippen molar-refractivity contribution in [1.82, 2.24) is 4.98 Å². The molecule has 4 heteroatoms. The van der Waals surface area contributed by atoms with Crippen LogP contribution < -0.4 is 0 Å². The Hall–Kier alpha value is -1.55. The van der Waals surface area contributed by atoms with Crippen LogP contribution in [0.25, 0.3) is 11.1 Å². The second-order valence-electron chi connectivity index (χ2n) is 3.83. The molecule has 1 aromatic heterocycles. The first-order chi connectivity index (χ1) is 8.61. The number of benzene rings is 1. The predicted molar refractivity (Wildman–Crippen MR) is 72.0 cm³/mol. The van der Waals surface area contributed by atoms with Crippen molar-refractivity contribution >= 4 is 21.7 Å². The third-order valence-corrected chi connectivity index (χ3v) is 3.07. The summed E-state index contributed by atoms with van der Waals surface area (Å²) in [5.74, 6) is -0.471. The van der Waals surface area contributed by atoms with Crippen molar-refractivity contribution < 1.29 is 9.18 Å². The summed E-state index contributed by atoms with van der Waals surface area (Å²) in [6.45, 7) is 1.76. The molecule has 0 aliphatic heterocycles. The number of halogens is 2. The van der Waals surface area contributed by atoms with Gasteiger partial charge in [-0.2, -0.15) is 0 Å². The minimum atomic E-state index is -0.399. The SMILES string of the molecule is CCC(=O)c1cc(F)ccc1-c1ccnc(Br)c1. The third kappa shape index (κ3) is 2.64. The number of rotatable bonds is 3. The fraction of sp³-hybridized carbons (Fsp3) is 0.143. The van der Waals surface area contributed by atoms with Crippen LogP contribution in [0.3, 0.4) is 0 Å². The van der Waals surface area contributed by atoms with Gasteiger partial charge in [-0.15, -0.1) is 0 Å². The maximum atomic E-state index is 13.3. The number of carbonyl (C=O) groups excluding carboxylic acids is 1. The van der Waals surface area contributed by atoms with Crippen molar-refractivity contribution in [3.8, 4) is 11.1 Å². The maximum absolute atomic E-state index is 13.3. The molecule has 0 aliphatic rings. The van der Waals surface area contributed by atoms with Gasteiger partial charge in [0.1, 0.15) is 10.4 Å². The monoisotopic (exact) mass is 307 g/mol. The lowest BCUT2D eigenvalue weighted by Crippen LogP contribution is -2.00. The standard InChI is InChI=1S/C14H11BrFNO/c1-2-13(18)12-8-10(16)3-4-11(12)9-5-6-17-14(15)7-9/h3-8H,2H2,1H3. The van der Waals surface area contributed by atoms with Gasteiger partial charge < -0.3 is 0 Å². The lowest BCUT2D eigenvalue weighted by atomic mass is 9.96. The van der Waals surface area contributed by atoms with E-state index < -0.39 is 5.82 Å². The van der Waals surface area contributed by atoms with E-state index in [0.29, 0.717) is 16.6 Å². The second-order valence-corrected chi connectivity index (χ2v) is 4.65. The van der Waals surface area contributed by atoms with Crippen LogP contribution in [0.2, 0.25) is 0 Å². The Morgan fingerprint density at radius 1 is 1.33 bits per heavy atom. The molecule has 0 bridgehead atoms. The summed E-state index contributed by atoms with van der Waals surface area (Å²) in [4.78, 5) is 15.9. The van der Waals surface area contributed by atoms with E-state index in [4.69, 9.17) is 0 Å². The summed E-state index contributed by atoms with van der Waals surface area (Å²) < 4.78 is 13.9. The topological polar surface area (TPSA) is 30.0 Å². The highest BCUT2D eigenvalue weighted by molar-refractivity contribution is 9.10. The Balaban J connectivity index is 2.60. The third-order valence-electron chi connectivity index (χ3n) is 2.64. The fourth-order valence-corrected chi connectivity index (χ4v) is 2.12. The molecule has 2 rings (SSSR count). The molecule has 0 saturated heterocycles. The Morgan fingerprint density at radius 3 is 2.78 bits per heavy atom. The summed E-state index contributed by atoms with van der Waals surface area (Å²) in [5.41, 5.74) is 1.98. The van der Waals surface area contributed by atoms with Crippen LogP contribution in [0, 0.1) is 5.82 Å². The van der Waals surface area contributed by atoms with Crippen LogP contribution in [0.1, 0.15) is 23.7 Å². The molecule has 0 aliphatic carbocycles. The molecule has 0 N–H and O–H groups in total. The quantitative estimate of drug-likeness (QED) is 0.627. The van der Waals surface area contributed by atoms with Crippen molar-refractivity contribution in [3.05, 3.63) is 52.5 Å². The van der Waals surface area contributed by atoms with Crippen molar-refractivity contribution in [2.24, 2.45) is 0 Å². The Labute approximate surface area is 113 Å². The molecular weight excluding hydrogens is 297 g/mol. The van der Waals surface area contributed by atoms with Gasteiger partial charge in [0.15, 0.2) is 5.78 Å². The summed E-state index contributed by atoms with van der Waals surface area (Å²) in [6, 6.07) is 7.87. The second kappa shape index (κ2) is 5.40. The molecule has 1 aromatic carbocycles. The van der Waals surface area contributed by atoms with Gasteiger partial charge in [0.05, 0.1) is 0 Å². The molecule has 0 unspecified atom stereocenters. The number of aromatic nitrogens is 1. The van der Waals surface area contributed by atoms with E-state index in [9.17, 15) is 9.18 Å². The van der Waals surface area contributed by atoms with E-state index >= 15 is 0 Å². The minimum absolute atomic E-state index is 0.0718. The number of pyridine rings is 1. The lowest BCUT2D eigenvalue weighted by molar-refractivity contribution is 0.0988. The molecule has 0 spiro atoms. The minimum Gasteiger partial charge on any atom is -0.294 e. The van der Waals surface area contributed by atoms with E-state index in [-0.39, 0.29) is 5.78 Å². The average Bonchev–Trinajstić information content (AvgIpc) is 2.37. The molecule has 0 fully saturated rings. The molecule has 18 heavy (non-hydrogen) atoms. The zero-order chi connectivity index (χ0) is 13.1. The lowest BCUT2D eigenvalue weighted by Gasteiger charge is -2.08. The van der Waals surface area contributed by atoms with Crippen LogP contribution in [0.15, 0.2) is 41.1 Å². The normalized spacial score (nSPS) is 10.4. The number of Topliss-reactive ketones (excluding diaryl/α,β-unsaturated/α-hetero) is 1. The highest BCUT2D eigenvalue weighted by Gasteiger charge is 2.12. The zero-order valence-electron chi connectivity index (χ0n) is 9.78. The van der Waals surface area contributed by atoms with Crippen LogP contribution >= 0.6 is 15.9 Å². The summed E-state index contributed by atoms with van der Waals surface area (Å²) in [6.07, 6.45) is 1.99. The highest BCUT2D eigenvalue weighted by atomic mass is 79.9. The summed E-state index contributed by atoms with van der Waals surface area (Å²) in [7, 11) is 0. The average molecular weight is 308 g/mol. The number of ketones is 1. The largest absolute Gasteiger partial charge is 0.294 e. The molecule has 92 valence electrons. The van der Waals surface area contributed by atoms with E-state index in [0.717, 1.165) is 11.1 Å². The van der Waals surface area contributed by atoms with Gasteiger partial charge >= 0.3 is 0 Å². The van der Waals surface area contributed by atoms with Gasteiger partial charge in [0.2, 0.25) is 0 Å². The van der Waals surface area contributed by atoms with Crippen LogP contribution in [-0.2, 0) is 0 Å². The van der Waals surface area contributed by atoms with E-state index in [1.165, 1.54) is 12.1 Å². The van der Waals surface area contributed by atoms with Crippen molar-refractivity contribution in [1.29, 1.82) is 0 Å². The summed E-state index contributed by atoms with van der Waals surface area (Å²) in [5, 5.41) is 0. The van der Waals surface area contributed by atoms with Gasteiger partial charge in [-0.05, 0) is 51.3 Å². The first kappa shape index (κ1) is 12.9. The summed E-state index contributed by atoms with van der Waals surface area (Å²) >= 11 is 3.28. The number of hydrogen-bond acceptors (Lipinski definition) is 2. The van der Waals surface area contributed by atoms with Crippen LogP contribution in [0.4, 0.5) is 4.39 Å². The Morgan fingerprint density at radius 2 is 2.11 bits per heavy atom. The van der Waals surface area contributed by atoms with Crippen molar-refractivity contribution in [2.45, 2.75) is 13.3 Å². The maximum Gasteiger partial charge on any atom is 0.163 e. The number of hydrogen-bond donors (Lipinski definition) is 0. The van der Waals surface area contributed by atoms with E-state index in [1.807, 2.05) is 0 Å². The first-order valence-electron chi connectivity index (χ1n) is 5.56. The molecule has 0 atom stereocenters. The number of carbonyl (C=O) groups is 1. The van der Waals surface area contributed by atoms with Crippen LogP contribution in [-0.4, -0.2) is 10.8 Å². The highest BCUT2D eigenvalue weighted by Crippen LogP contribution is 2.27.